The van der Waals surface area contributed by atoms with Crippen molar-refractivity contribution in [1.29, 1.82) is 0 Å². The number of hydrogen-bond acceptors (Lipinski definition) is 2. The van der Waals surface area contributed by atoms with E-state index in [1.165, 1.54) is 38.2 Å². The second kappa shape index (κ2) is 8.92. The Morgan fingerprint density at radius 3 is 2.47 bits per heavy atom. The molecule has 0 saturated carbocycles. The van der Waals surface area contributed by atoms with Crippen LogP contribution in [0, 0.1) is 5.82 Å². The molecule has 0 aliphatic heterocycles. The van der Waals surface area contributed by atoms with Crippen molar-refractivity contribution in [2.75, 3.05) is 18.5 Å². The second-order valence-corrected chi connectivity index (χ2v) is 5.15. The summed E-state index contributed by atoms with van der Waals surface area (Å²) in [5, 5.41) is 0. The average Bonchev–Trinajstić information content (AvgIpc) is 2.43. The highest BCUT2D eigenvalue weighted by Crippen LogP contribution is 2.21. The molecule has 1 unspecified atom stereocenters. The molecular weight excluding hydrogens is 239 g/mol. The van der Waals surface area contributed by atoms with E-state index in [1.807, 2.05) is 24.1 Å². The van der Waals surface area contributed by atoms with Gasteiger partial charge in [0.05, 0.1) is 5.69 Å². The van der Waals surface area contributed by atoms with Crippen LogP contribution in [0.1, 0.15) is 45.4 Å². The molecular formula is C16H27FN2. The molecule has 1 aromatic rings. The third-order valence-electron chi connectivity index (χ3n) is 3.69. The third kappa shape index (κ3) is 5.19. The van der Waals surface area contributed by atoms with Crippen molar-refractivity contribution in [1.82, 2.24) is 0 Å². The number of nitrogens with two attached hydrogens (primary N) is 1. The zero-order valence-electron chi connectivity index (χ0n) is 12.2. The quantitative estimate of drug-likeness (QED) is 0.686. The van der Waals surface area contributed by atoms with Gasteiger partial charge >= 0.3 is 0 Å². The van der Waals surface area contributed by atoms with Crippen molar-refractivity contribution in [2.24, 2.45) is 5.73 Å². The molecule has 0 radical (unpaired) electrons. The molecule has 0 fully saturated rings. The van der Waals surface area contributed by atoms with E-state index >= 15 is 0 Å². The molecule has 0 aliphatic carbocycles. The molecule has 2 nitrogen and oxygen atoms in total. The molecule has 1 aromatic carbocycles. The Bertz CT molecular complexity index is 354. The first-order chi connectivity index (χ1) is 9.20. The van der Waals surface area contributed by atoms with E-state index in [9.17, 15) is 4.39 Å². The lowest BCUT2D eigenvalue weighted by molar-refractivity contribution is 0.520. The van der Waals surface area contributed by atoms with Crippen LogP contribution in [0.5, 0.6) is 0 Å². The fraction of sp³-hybridized carbons (Fsp3) is 0.625. The molecule has 19 heavy (non-hydrogen) atoms. The van der Waals surface area contributed by atoms with Gasteiger partial charge in [0.2, 0.25) is 0 Å². The van der Waals surface area contributed by atoms with E-state index in [0.29, 0.717) is 12.2 Å². The monoisotopic (exact) mass is 266 g/mol. The summed E-state index contributed by atoms with van der Waals surface area (Å²) in [6, 6.07) is 7.12. The standard InChI is InChI=1S/C16H27FN2/c1-3-4-5-6-7-10-14(13-18)19(2)16-12-9-8-11-15(16)17/h8-9,11-12,14H,3-7,10,13,18H2,1-2H3. The lowest BCUT2D eigenvalue weighted by Crippen LogP contribution is -2.38. The van der Waals surface area contributed by atoms with Gasteiger partial charge in [-0.2, -0.15) is 0 Å². The molecule has 2 N–H and O–H groups in total. The van der Waals surface area contributed by atoms with Crippen LogP contribution < -0.4 is 10.6 Å². The minimum atomic E-state index is -0.172. The number of hydrogen-bond donors (Lipinski definition) is 1. The maximum atomic E-state index is 13.7. The van der Waals surface area contributed by atoms with Gasteiger partial charge < -0.3 is 10.6 Å². The van der Waals surface area contributed by atoms with Gasteiger partial charge in [0.25, 0.3) is 0 Å². The highest BCUT2D eigenvalue weighted by molar-refractivity contribution is 5.47. The third-order valence-corrected chi connectivity index (χ3v) is 3.69. The van der Waals surface area contributed by atoms with Crippen LogP contribution in [0.3, 0.4) is 0 Å². The SMILES string of the molecule is CCCCCCCC(CN)N(C)c1ccccc1F. The van der Waals surface area contributed by atoms with Gasteiger partial charge in [-0.15, -0.1) is 0 Å². The summed E-state index contributed by atoms with van der Waals surface area (Å²) >= 11 is 0. The van der Waals surface area contributed by atoms with Crippen molar-refractivity contribution >= 4 is 5.69 Å². The molecule has 0 saturated heterocycles. The minimum absolute atomic E-state index is 0.172. The van der Waals surface area contributed by atoms with Gasteiger partial charge in [-0.3, -0.25) is 0 Å². The summed E-state index contributed by atoms with van der Waals surface area (Å²) in [7, 11) is 1.93. The molecule has 0 amide bonds. The first kappa shape index (κ1) is 16.0. The fourth-order valence-corrected chi connectivity index (χ4v) is 2.39. The van der Waals surface area contributed by atoms with E-state index in [4.69, 9.17) is 5.73 Å². The largest absolute Gasteiger partial charge is 0.368 e. The molecule has 0 spiro atoms. The van der Waals surface area contributed by atoms with Crippen molar-refractivity contribution in [3.63, 3.8) is 0 Å². The van der Waals surface area contributed by atoms with Gasteiger partial charge in [0.1, 0.15) is 5.82 Å². The summed E-state index contributed by atoms with van der Waals surface area (Å²) in [5.41, 5.74) is 6.48. The van der Waals surface area contributed by atoms with Crippen LogP contribution in [0.25, 0.3) is 0 Å². The Morgan fingerprint density at radius 2 is 1.84 bits per heavy atom. The second-order valence-electron chi connectivity index (χ2n) is 5.15. The van der Waals surface area contributed by atoms with Crippen LogP contribution >= 0.6 is 0 Å². The molecule has 0 heterocycles. The van der Waals surface area contributed by atoms with Crippen LogP contribution in [0.4, 0.5) is 10.1 Å². The summed E-state index contributed by atoms with van der Waals surface area (Å²) < 4.78 is 13.7. The van der Waals surface area contributed by atoms with Gasteiger partial charge in [-0.1, -0.05) is 51.2 Å². The number of unbranched alkanes of at least 4 members (excludes halogenated alkanes) is 4. The van der Waals surface area contributed by atoms with Crippen molar-refractivity contribution < 1.29 is 4.39 Å². The number of rotatable bonds is 9. The zero-order valence-corrected chi connectivity index (χ0v) is 12.2. The smallest absolute Gasteiger partial charge is 0.146 e. The van der Waals surface area contributed by atoms with E-state index in [-0.39, 0.29) is 11.9 Å². The Morgan fingerprint density at radius 1 is 1.16 bits per heavy atom. The first-order valence-electron chi connectivity index (χ1n) is 7.38. The minimum Gasteiger partial charge on any atom is -0.368 e. The summed E-state index contributed by atoms with van der Waals surface area (Å²) in [4.78, 5) is 1.98. The molecule has 0 bridgehead atoms. The van der Waals surface area contributed by atoms with Crippen molar-refractivity contribution in [3.8, 4) is 0 Å². The first-order valence-corrected chi connectivity index (χ1v) is 7.38. The fourth-order valence-electron chi connectivity index (χ4n) is 2.39. The predicted octanol–water partition coefficient (Wildman–Crippen LogP) is 3.95. The molecule has 0 aliphatic rings. The number of anilines is 1. The topological polar surface area (TPSA) is 29.3 Å². The zero-order chi connectivity index (χ0) is 14.1. The van der Waals surface area contributed by atoms with Gasteiger partial charge in [0.15, 0.2) is 0 Å². The molecule has 3 heteroatoms. The molecule has 1 atom stereocenters. The lowest BCUT2D eigenvalue weighted by atomic mass is 10.0. The maximum Gasteiger partial charge on any atom is 0.146 e. The van der Waals surface area contributed by atoms with Gasteiger partial charge in [-0.05, 0) is 18.6 Å². The van der Waals surface area contributed by atoms with E-state index in [0.717, 1.165) is 6.42 Å². The van der Waals surface area contributed by atoms with Crippen LogP contribution in [0.2, 0.25) is 0 Å². The molecule has 1 rings (SSSR count). The number of likely N-dealkylation sites (N-methyl/N-ethyl adjacent to an activating group) is 1. The van der Waals surface area contributed by atoms with Crippen LogP contribution in [-0.4, -0.2) is 19.6 Å². The molecule has 108 valence electrons. The van der Waals surface area contributed by atoms with Gasteiger partial charge in [0, 0.05) is 19.6 Å². The van der Waals surface area contributed by atoms with Gasteiger partial charge in [-0.25, -0.2) is 4.39 Å². The van der Waals surface area contributed by atoms with E-state index in [2.05, 4.69) is 6.92 Å². The lowest BCUT2D eigenvalue weighted by Gasteiger charge is -2.29. The number of benzene rings is 1. The molecule has 0 aromatic heterocycles. The van der Waals surface area contributed by atoms with E-state index in [1.54, 1.807) is 6.07 Å². The van der Waals surface area contributed by atoms with Crippen molar-refractivity contribution in [3.05, 3.63) is 30.1 Å². The summed E-state index contributed by atoms with van der Waals surface area (Å²) in [6.45, 7) is 2.78. The summed E-state index contributed by atoms with van der Waals surface area (Å²) in [6.07, 6.45) is 7.30. The maximum absolute atomic E-state index is 13.7. The Labute approximate surface area is 116 Å². The number of halogens is 1. The number of nitrogens with zero attached hydrogens (tertiary/aromatic N) is 1. The normalized spacial score (nSPS) is 12.4. The highest BCUT2D eigenvalue weighted by Gasteiger charge is 2.15. The Hall–Kier alpha value is -1.09. The van der Waals surface area contributed by atoms with Crippen LogP contribution in [0.15, 0.2) is 24.3 Å². The highest BCUT2D eigenvalue weighted by atomic mass is 19.1. The summed E-state index contributed by atoms with van der Waals surface area (Å²) in [5.74, 6) is -0.172. The average molecular weight is 266 g/mol. The van der Waals surface area contributed by atoms with Crippen molar-refractivity contribution in [2.45, 2.75) is 51.5 Å². The number of para-hydroxylation sites is 1. The van der Waals surface area contributed by atoms with Crippen LogP contribution in [-0.2, 0) is 0 Å². The Kier molecular flexibility index (Phi) is 7.49. The van der Waals surface area contributed by atoms with E-state index < -0.39 is 0 Å². The Balaban J connectivity index is 2.48. The predicted molar refractivity (Wildman–Crippen MR) is 81.0 cm³/mol.